The van der Waals surface area contributed by atoms with Crippen LogP contribution in [0.4, 0.5) is 5.69 Å². The van der Waals surface area contributed by atoms with Crippen LogP contribution in [0.1, 0.15) is 33.3 Å². The molecule has 0 bridgehead atoms. The average Bonchev–Trinajstić information content (AvgIpc) is 2.51. The summed E-state index contributed by atoms with van der Waals surface area (Å²) in [4.78, 5) is 25.3. The van der Waals surface area contributed by atoms with Crippen LogP contribution in [0, 0.1) is 6.92 Å². The third kappa shape index (κ3) is 6.52. The Morgan fingerprint density at radius 2 is 1.85 bits per heavy atom. The summed E-state index contributed by atoms with van der Waals surface area (Å²) in [5, 5.41) is 0.105. The Balaban J connectivity index is 2.92. The fraction of sp³-hybridized carbons (Fsp3) is 0.579. The predicted octanol–water partition coefficient (Wildman–Crippen LogP) is 4.68. The van der Waals surface area contributed by atoms with Crippen LogP contribution in [0.2, 0.25) is 18.1 Å². The van der Waals surface area contributed by atoms with E-state index in [4.69, 9.17) is 9.16 Å². The van der Waals surface area contributed by atoms with Gasteiger partial charge in [-0.3, -0.25) is 9.59 Å². The summed E-state index contributed by atoms with van der Waals surface area (Å²) in [7, 11) is -1.89. The molecule has 0 aliphatic rings. The molecule has 26 heavy (non-hydrogen) atoms. The van der Waals surface area contributed by atoms with Crippen molar-refractivity contribution in [2.75, 3.05) is 24.7 Å². The molecule has 0 aromatic heterocycles. The normalized spacial score (nSPS) is 12.0. The molecule has 0 unspecified atom stereocenters. The van der Waals surface area contributed by atoms with Gasteiger partial charge in [-0.1, -0.05) is 36.7 Å². The first-order chi connectivity index (χ1) is 11.8. The van der Waals surface area contributed by atoms with Crippen molar-refractivity contribution in [3.05, 3.63) is 28.2 Å². The highest BCUT2D eigenvalue weighted by Crippen LogP contribution is 2.36. The minimum absolute atomic E-state index is 0.105. The van der Waals surface area contributed by atoms with Gasteiger partial charge in [0.2, 0.25) is 0 Å². The van der Waals surface area contributed by atoms with Gasteiger partial charge in [0.25, 0.3) is 5.91 Å². The summed E-state index contributed by atoms with van der Waals surface area (Å²) in [6.07, 6.45) is 0. The maximum absolute atomic E-state index is 12.6. The van der Waals surface area contributed by atoms with Crippen LogP contribution in [-0.4, -0.2) is 40.0 Å². The molecule has 0 atom stereocenters. The summed E-state index contributed by atoms with van der Waals surface area (Å²) < 4.78 is 12.1. The molecular weight excluding hydrogens is 414 g/mol. The van der Waals surface area contributed by atoms with E-state index in [2.05, 4.69) is 49.8 Å². The largest absolute Gasteiger partial charge is 0.456 e. The number of hydrogen-bond donors (Lipinski definition) is 0. The summed E-state index contributed by atoms with van der Waals surface area (Å²) in [5.41, 5.74) is 1.79. The Morgan fingerprint density at radius 3 is 2.35 bits per heavy atom. The van der Waals surface area contributed by atoms with E-state index in [1.165, 1.54) is 6.92 Å². The zero-order valence-corrected chi connectivity index (χ0v) is 19.4. The van der Waals surface area contributed by atoms with Gasteiger partial charge in [-0.05, 0) is 48.8 Å². The van der Waals surface area contributed by atoms with Crippen molar-refractivity contribution in [3.63, 3.8) is 0 Å². The first kappa shape index (κ1) is 22.9. The van der Waals surface area contributed by atoms with E-state index in [0.717, 1.165) is 15.7 Å². The predicted molar refractivity (Wildman–Crippen MR) is 111 cm³/mol. The molecule has 1 aromatic carbocycles. The van der Waals surface area contributed by atoms with Crippen molar-refractivity contribution in [1.29, 1.82) is 0 Å². The van der Waals surface area contributed by atoms with E-state index in [9.17, 15) is 9.59 Å². The van der Waals surface area contributed by atoms with Crippen molar-refractivity contribution in [1.82, 2.24) is 0 Å². The fourth-order valence-electron chi connectivity index (χ4n) is 2.04. The number of anilines is 1. The topological polar surface area (TPSA) is 55.8 Å². The molecule has 0 N–H and O–H groups in total. The number of carbonyl (C=O) groups excluding carboxylic acids is 2. The zero-order chi connectivity index (χ0) is 20.1. The van der Waals surface area contributed by atoms with Gasteiger partial charge in [0, 0.05) is 23.6 Å². The summed E-state index contributed by atoms with van der Waals surface area (Å²) in [6.45, 7) is 14.7. The Labute approximate surface area is 166 Å². The summed E-state index contributed by atoms with van der Waals surface area (Å²) in [5.74, 6) is -0.733. The Morgan fingerprint density at radius 1 is 1.23 bits per heavy atom. The quantitative estimate of drug-likeness (QED) is 0.453. The van der Waals surface area contributed by atoms with Gasteiger partial charge in [-0.15, -0.1) is 0 Å². The molecule has 0 fully saturated rings. The first-order valence-corrected chi connectivity index (χ1v) is 12.4. The zero-order valence-electron chi connectivity index (χ0n) is 16.8. The molecule has 5 nitrogen and oxygen atoms in total. The lowest BCUT2D eigenvalue weighted by Gasteiger charge is -2.36. The molecule has 1 rings (SSSR count). The second-order valence-electron chi connectivity index (χ2n) is 7.87. The van der Waals surface area contributed by atoms with Crippen LogP contribution >= 0.6 is 15.9 Å². The standard InChI is InChI=1S/C19H30BrNO4Si/c1-14-12-16(8-9-17(14)20)21(18(23)13-24-15(2)22)10-11-25-26(6,7)19(3,4)5/h8-9,12H,10-11,13H2,1-7H3. The molecule has 0 aliphatic heterocycles. The minimum atomic E-state index is -1.89. The van der Waals surface area contributed by atoms with E-state index in [-0.39, 0.29) is 17.6 Å². The van der Waals surface area contributed by atoms with E-state index < -0.39 is 14.3 Å². The van der Waals surface area contributed by atoms with Gasteiger partial charge in [0.05, 0.1) is 6.61 Å². The number of aryl methyl sites for hydroxylation is 1. The number of benzene rings is 1. The van der Waals surface area contributed by atoms with E-state index >= 15 is 0 Å². The second kappa shape index (κ2) is 9.15. The molecule has 0 heterocycles. The Hall–Kier alpha value is -1.18. The molecule has 1 aromatic rings. The molecular formula is C19H30BrNO4Si. The van der Waals surface area contributed by atoms with Crippen LogP contribution < -0.4 is 4.90 Å². The highest BCUT2D eigenvalue weighted by Gasteiger charge is 2.37. The van der Waals surface area contributed by atoms with Gasteiger partial charge >= 0.3 is 5.97 Å². The average molecular weight is 444 g/mol. The fourth-order valence-corrected chi connectivity index (χ4v) is 3.33. The number of ether oxygens (including phenoxy) is 1. The van der Waals surface area contributed by atoms with Gasteiger partial charge < -0.3 is 14.1 Å². The highest BCUT2D eigenvalue weighted by molar-refractivity contribution is 9.10. The van der Waals surface area contributed by atoms with Crippen LogP contribution in [-0.2, 0) is 18.8 Å². The second-order valence-corrected chi connectivity index (χ2v) is 13.5. The van der Waals surface area contributed by atoms with Crippen molar-refractivity contribution in [2.45, 2.75) is 52.8 Å². The first-order valence-electron chi connectivity index (χ1n) is 8.69. The SMILES string of the molecule is CC(=O)OCC(=O)N(CCO[Si](C)(C)C(C)(C)C)c1ccc(Br)c(C)c1. The number of halogens is 1. The van der Waals surface area contributed by atoms with E-state index in [0.29, 0.717) is 13.2 Å². The maximum atomic E-state index is 12.6. The molecule has 7 heteroatoms. The van der Waals surface area contributed by atoms with E-state index in [1.54, 1.807) is 4.90 Å². The maximum Gasteiger partial charge on any atom is 0.303 e. The van der Waals surface area contributed by atoms with E-state index in [1.807, 2.05) is 25.1 Å². The number of nitrogens with zero attached hydrogens (tertiary/aromatic N) is 1. The summed E-state index contributed by atoms with van der Waals surface area (Å²) in [6, 6.07) is 5.71. The highest BCUT2D eigenvalue weighted by atomic mass is 79.9. The van der Waals surface area contributed by atoms with Crippen LogP contribution in [0.25, 0.3) is 0 Å². The Kier molecular flexibility index (Phi) is 8.04. The number of carbonyl (C=O) groups is 2. The number of amides is 1. The molecule has 0 saturated carbocycles. The lowest BCUT2D eigenvalue weighted by Crippen LogP contribution is -2.44. The molecule has 1 amide bonds. The van der Waals surface area contributed by atoms with Crippen molar-refractivity contribution in [3.8, 4) is 0 Å². The molecule has 146 valence electrons. The van der Waals surface area contributed by atoms with Crippen LogP contribution in [0.15, 0.2) is 22.7 Å². The number of esters is 1. The summed E-state index contributed by atoms with van der Waals surface area (Å²) >= 11 is 3.47. The number of hydrogen-bond acceptors (Lipinski definition) is 4. The lowest BCUT2D eigenvalue weighted by atomic mass is 10.2. The van der Waals surface area contributed by atoms with Crippen LogP contribution in [0.3, 0.4) is 0 Å². The molecule has 0 aliphatic carbocycles. The van der Waals surface area contributed by atoms with Crippen LogP contribution in [0.5, 0.6) is 0 Å². The van der Waals surface area contributed by atoms with Gasteiger partial charge in [0.1, 0.15) is 0 Å². The van der Waals surface area contributed by atoms with Gasteiger partial charge in [-0.2, -0.15) is 0 Å². The lowest BCUT2D eigenvalue weighted by molar-refractivity contribution is -0.145. The monoisotopic (exact) mass is 443 g/mol. The van der Waals surface area contributed by atoms with Crippen molar-refractivity contribution in [2.24, 2.45) is 0 Å². The van der Waals surface area contributed by atoms with Crippen molar-refractivity contribution >= 4 is 41.8 Å². The third-order valence-corrected chi connectivity index (χ3v) is 10.2. The Bertz CT molecular complexity index is 655. The molecule has 0 radical (unpaired) electrons. The third-order valence-electron chi connectivity index (χ3n) is 4.74. The van der Waals surface area contributed by atoms with Crippen molar-refractivity contribution < 1.29 is 18.8 Å². The van der Waals surface area contributed by atoms with Gasteiger partial charge in [-0.25, -0.2) is 0 Å². The minimum Gasteiger partial charge on any atom is -0.456 e. The number of rotatable bonds is 7. The molecule has 0 saturated heterocycles. The van der Waals surface area contributed by atoms with Gasteiger partial charge in [0.15, 0.2) is 14.9 Å². The molecule has 0 spiro atoms. The smallest absolute Gasteiger partial charge is 0.303 e.